The lowest BCUT2D eigenvalue weighted by atomic mass is 9.90. The molecule has 0 aliphatic heterocycles. The molecule has 0 spiro atoms. The molecular formula is C20H32O2. The molecule has 0 aromatic carbocycles. The smallest absolute Gasteiger partial charge is 0.105 e. The monoisotopic (exact) mass is 304 g/mol. The second-order valence-electron chi connectivity index (χ2n) is 6.80. The highest BCUT2D eigenvalue weighted by Gasteiger charge is 2.23. The van der Waals surface area contributed by atoms with Crippen molar-refractivity contribution in [2.45, 2.75) is 72.5 Å². The van der Waals surface area contributed by atoms with Crippen LogP contribution in [0.5, 0.6) is 0 Å². The number of rotatable bonds is 1. The summed E-state index contributed by atoms with van der Waals surface area (Å²) in [5.74, 6) is 0.205. The zero-order valence-corrected chi connectivity index (χ0v) is 14.8. The van der Waals surface area contributed by atoms with Crippen molar-refractivity contribution >= 4 is 0 Å². The Morgan fingerprint density at radius 3 is 2.09 bits per heavy atom. The summed E-state index contributed by atoms with van der Waals surface area (Å²) in [5.41, 5.74) is 4.43. The number of hydrogen-bond acceptors (Lipinski definition) is 2. The third-order valence-electron chi connectivity index (χ3n) is 4.37. The zero-order valence-electron chi connectivity index (χ0n) is 14.8. The molecule has 1 aliphatic rings. The average Bonchev–Trinajstić information content (AvgIpc) is 2.45. The highest BCUT2D eigenvalue weighted by atomic mass is 16.3. The predicted octanol–water partition coefficient (Wildman–Crippen LogP) is 4.70. The van der Waals surface area contributed by atoms with Crippen molar-refractivity contribution in [1.82, 2.24) is 0 Å². The number of aliphatic hydroxyl groups excluding tert-OH is 2. The highest BCUT2D eigenvalue weighted by Crippen LogP contribution is 2.22. The molecule has 0 saturated carbocycles. The van der Waals surface area contributed by atoms with Crippen LogP contribution in [0.15, 0.2) is 46.6 Å². The van der Waals surface area contributed by atoms with Crippen molar-refractivity contribution in [2.24, 2.45) is 5.92 Å². The standard InChI is InChI=1S/C20H32O2/c1-14(2)18-13-12-16(4)9-6-8-15(3)10-7-11-17(5)19(21)20(18)22/h8,11-14,19-22H,6-7,9-10H2,1-5H3/b15-8+,16-12+,17-11+,18-13-/t19-,20-/m0/s1. The molecular weight excluding hydrogens is 272 g/mol. The molecule has 2 nitrogen and oxygen atoms in total. The van der Waals surface area contributed by atoms with Gasteiger partial charge in [-0.1, -0.05) is 49.3 Å². The van der Waals surface area contributed by atoms with Crippen LogP contribution in [0.25, 0.3) is 0 Å². The van der Waals surface area contributed by atoms with Crippen LogP contribution in [-0.4, -0.2) is 22.4 Å². The first kappa shape index (κ1) is 18.9. The Morgan fingerprint density at radius 2 is 1.45 bits per heavy atom. The third kappa shape index (κ3) is 5.94. The van der Waals surface area contributed by atoms with Crippen LogP contribution in [0.1, 0.15) is 60.3 Å². The van der Waals surface area contributed by atoms with Crippen LogP contribution in [-0.2, 0) is 0 Å². The maximum absolute atomic E-state index is 10.5. The van der Waals surface area contributed by atoms with Gasteiger partial charge in [-0.25, -0.2) is 0 Å². The molecule has 0 radical (unpaired) electrons. The van der Waals surface area contributed by atoms with E-state index >= 15 is 0 Å². The molecule has 2 N–H and O–H groups in total. The fourth-order valence-corrected chi connectivity index (χ4v) is 2.68. The van der Waals surface area contributed by atoms with Crippen LogP contribution in [0.3, 0.4) is 0 Å². The summed E-state index contributed by atoms with van der Waals surface area (Å²) in [6.07, 6.45) is 10.8. The topological polar surface area (TPSA) is 40.5 Å². The summed E-state index contributed by atoms with van der Waals surface area (Å²) < 4.78 is 0. The van der Waals surface area contributed by atoms with Gasteiger partial charge < -0.3 is 10.2 Å². The van der Waals surface area contributed by atoms with Gasteiger partial charge in [0.2, 0.25) is 0 Å². The molecule has 2 heteroatoms. The van der Waals surface area contributed by atoms with E-state index in [0.717, 1.165) is 36.8 Å². The second-order valence-corrected chi connectivity index (χ2v) is 6.80. The Balaban J connectivity index is 3.13. The van der Waals surface area contributed by atoms with Crippen LogP contribution in [0.2, 0.25) is 0 Å². The molecule has 0 aromatic heterocycles. The normalized spacial score (nSPS) is 35.3. The summed E-state index contributed by atoms with van der Waals surface area (Å²) in [6.45, 7) is 10.3. The molecule has 124 valence electrons. The van der Waals surface area contributed by atoms with Gasteiger partial charge in [-0.05, 0) is 63.5 Å². The van der Waals surface area contributed by atoms with Crippen LogP contribution >= 0.6 is 0 Å². The molecule has 0 aromatic rings. The first-order valence-corrected chi connectivity index (χ1v) is 8.38. The van der Waals surface area contributed by atoms with E-state index in [9.17, 15) is 10.2 Å². The highest BCUT2D eigenvalue weighted by molar-refractivity contribution is 5.25. The minimum absolute atomic E-state index is 0.205. The third-order valence-corrected chi connectivity index (χ3v) is 4.37. The summed E-state index contributed by atoms with van der Waals surface area (Å²) in [7, 11) is 0. The van der Waals surface area contributed by atoms with Crippen LogP contribution in [0, 0.1) is 5.92 Å². The van der Waals surface area contributed by atoms with Gasteiger partial charge in [-0.2, -0.15) is 0 Å². The molecule has 22 heavy (non-hydrogen) atoms. The molecule has 1 aliphatic carbocycles. The van der Waals surface area contributed by atoms with Gasteiger partial charge in [0.25, 0.3) is 0 Å². The lowest BCUT2D eigenvalue weighted by Crippen LogP contribution is -2.30. The van der Waals surface area contributed by atoms with Gasteiger partial charge >= 0.3 is 0 Å². The zero-order chi connectivity index (χ0) is 16.7. The number of hydrogen-bond donors (Lipinski definition) is 2. The molecule has 0 amide bonds. The molecule has 2 atom stereocenters. The molecule has 0 unspecified atom stereocenters. The average molecular weight is 304 g/mol. The largest absolute Gasteiger partial charge is 0.386 e. The SMILES string of the molecule is C/C1=C\C=C(\C(C)C)[C@H](O)[C@@H](O)/C(C)=C/CC/C(C)=C/CC1. The number of aliphatic hydroxyl groups is 2. The van der Waals surface area contributed by atoms with Crippen LogP contribution in [0.4, 0.5) is 0 Å². The fourth-order valence-electron chi connectivity index (χ4n) is 2.68. The molecule has 0 saturated heterocycles. The Kier molecular flexibility index (Phi) is 7.84. The molecule has 0 bridgehead atoms. The quantitative estimate of drug-likeness (QED) is 0.689. The Labute approximate surface area is 135 Å². The lowest BCUT2D eigenvalue weighted by molar-refractivity contribution is 0.0603. The Hall–Kier alpha value is -1.12. The minimum atomic E-state index is -0.833. The van der Waals surface area contributed by atoms with Gasteiger partial charge in [-0.3, -0.25) is 0 Å². The Morgan fingerprint density at radius 1 is 0.864 bits per heavy atom. The summed E-state index contributed by atoms with van der Waals surface area (Å²) >= 11 is 0. The number of allylic oxidation sites excluding steroid dienone is 6. The van der Waals surface area contributed by atoms with E-state index in [-0.39, 0.29) is 5.92 Å². The van der Waals surface area contributed by atoms with Gasteiger partial charge in [0, 0.05) is 0 Å². The minimum Gasteiger partial charge on any atom is -0.386 e. The summed E-state index contributed by atoms with van der Waals surface area (Å²) in [5, 5.41) is 20.9. The van der Waals surface area contributed by atoms with E-state index in [1.54, 1.807) is 0 Å². The predicted molar refractivity (Wildman–Crippen MR) is 94.7 cm³/mol. The first-order valence-electron chi connectivity index (χ1n) is 8.38. The van der Waals surface area contributed by atoms with Crippen molar-refractivity contribution in [3.05, 3.63) is 46.6 Å². The van der Waals surface area contributed by atoms with Crippen molar-refractivity contribution in [3.63, 3.8) is 0 Å². The molecule has 1 rings (SSSR count). The van der Waals surface area contributed by atoms with E-state index in [0.29, 0.717) is 0 Å². The summed E-state index contributed by atoms with van der Waals surface area (Å²) in [4.78, 5) is 0. The maximum Gasteiger partial charge on any atom is 0.105 e. The van der Waals surface area contributed by atoms with E-state index in [2.05, 4.69) is 45.9 Å². The van der Waals surface area contributed by atoms with Gasteiger partial charge in [-0.15, -0.1) is 0 Å². The molecule has 0 heterocycles. The summed E-state index contributed by atoms with van der Waals surface area (Å²) in [6, 6.07) is 0. The maximum atomic E-state index is 10.5. The van der Waals surface area contributed by atoms with E-state index < -0.39 is 12.2 Å². The van der Waals surface area contributed by atoms with E-state index in [1.807, 2.05) is 13.0 Å². The van der Waals surface area contributed by atoms with E-state index in [4.69, 9.17) is 0 Å². The van der Waals surface area contributed by atoms with Crippen LogP contribution < -0.4 is 0 Å². The van der Waals surface area contributed by atoms with Crippen molar-refractivity contribution in [2.75, 3.05) is 0 Å². The van der Waals surface area contributed by atoms with Gasteiger partial charge in [0.05, 0.1) is 0 Å². The van der Waals surface area contributed by atoms with Crippen molar-refractivity contribution in [3.8, 4) is 0 Å². The van der Waals surface area contributed by atoms with Gasteiger partial charge in [0.15, 0.2) is 0 Å². The van der Waals surface area contributed by atoms with Crippen molar-refractivity contribution in [1.29, 1.82) is 0 Å². The fraction of sp³-hybridized carbons (Fsp3) is 0.600. The van der Waals surface area contributed by atoms with Crippen molar-refractivity contribution < 1.29 is 10.2 Å². The second kappa shape index (κ2) is 9.12. The van der Waals surface area contributed by atoms with Gasteiger partial charge in [0.1, 0.15) is 12.2 Å². The molecule has 0 fully saturated rings. The Bertz CT molecular complexity index is 478. The first-order chi connectivity index (χ1) is 10.3. The van der Waals surface area contributed by atoms with E-state index in [1.165, 1.54) is 11.1 Å². The lowest BCUT2D eigenvalue weighted by Gasteiger charge is -2.24.